The number of rotatable bonds is 8. The first-order valence-electron chi connectivity index (χ1n) is 32.2. The Kier molecular flexibility index (Phi) is 12.3. The minimum Gasteiger partial charge on any atom is -0.459 e. The second-order valence-electron chi connectivity index (χ2n) is 25.4. The first-order valence-corrected chi connectivity index (χ1v) is 32.2. The maximum atomic E-state index is 7.86. The topological polar surface area (TPSA) is 25.4 Å². The average molecular weight is 1180 g/mol. The Bertz CT molecular complexity index is 5060. The minimum absolute atomic E-state index is 0.153. The molecule has 13 aromatic rings. The molecule has 0 aromatic heterocycles. The van der Waals surface area contributed by atoms with Crippen LogP contribution < -0.4 is 78.4 Å². The van der Waals surface area contributed by atoms with Crippen LogP contribution >= 0.6 is 0 Å². The molecule has 9 heteroatoms. The second kappa shape index (κ2) is 21.0. The van der Waals surface area contributed by atoms with E-state index in [4.69, 9.17) is 4.74 Å². The highest BCUT2D eigenvalue weighted by Crippen LogP contribution is 2.52. The van der Waals surface area contributed by atoms with Crippen molar-refractivity contribution in [3.8, 4) is 11.5 Å². The zero-order valence-electron chi connectivity index (χ0n) is 52.0. The van der Waals surface area contributed by atoms with Crippen LogP contribution in [0.1, 0.15) is 27.8 Å². The van der Waals surface area contributed by atoms with Gasteiger partial charge < -0.3 is 29.2 Å². The number of hydrogen-bond acceptors (Lipinski definition) is 6. The summed E-state index contributed by atoms with van der Waals surface area (Å²) in [5.41, 5.74) is 33.9. The number of para-hydroxylation sites is 8. The van der Waals surface area contributed by atoms with Crippen molar-refractivity contribution < 1.29 is 4.74 Å². The van der Waals surface area contributed by atoms with Crippen LogP contribution in [0.5, 0.6) is 11.5 Å². The number of aryl methyl sites for hydroxylation is 5. The molecule has 434 valence electrons. The van der Waals surface area contributed by atoms with Crippen LogP contribution in [0.2, 0.25) is 0 Å². The van der Waals surface area contributed by atoms with Crippen LogP contribution in [0.25, 0.3) is 0 Å². The molecule has 0 radical (unpaired) electrons. The molecule has 13 aromatic carbocycles. The van der Waals surface area contributed by atoms with Gasteiger partial charge in [0, 0.05) is 73.9 Å². The van der Waals surface area contributed by atoms with Gasteiger partial charge in [-0.25, -0.2) is 0 Å². The molecular formula is C83H62B3N5O. The van der Waals surface area contributed by atoms with Crippen molar-refractivity contribution in [1.82, 2.24) is 0 Å². The van der Waals surface area contributed by atoms with E-state index in [0.717, 1.165) is 96.6 Å². The van der Waals surface area contributed by atoms with Gasteiger partial charge in [0.1, 0.15) is 11.5 Å². The lowest BCUT2D eigenvalue weighted by Crippen LogP contribution is -2.66. The molecule has 0 bridgehead atoms. The van der Waals surface area contributed by atoms with E-state index in [1.807, 2.05) is 0 Å². The molecule has 92 heavy (non-hydrogen) atoms. The quantitative estimate of drug-likeness (QED) is 0.141. The summed E-state index contributed by atoms with van der Waals surface area (Å²) < 4.78 is 7.86. The number of anilines is 15. The SMILES string of the molecule is Cc1cc(C)c(N2c3cc4c(cc3B3c5ccccc5Oc5c6c(cc2c53)N(c2ccccc2)c2ccccc2B6c2c(C)cccc2C)B2c3ccccc3N(c3ccccc3)c3cc(N(c5ccccc5)c5ccccc5)cc(c32)N4c2ccccc2)c(C)c1. The minimum atomic E-state index is -0.225. The molecule has 0 saturated carbocycles. The highest BCUT2D eigenvalue weighted by Gasteiger charge is 2.51. The summed E-state index contributed by atoms with van der Waals surface area (Å²) in [6, 6.07) is 106. The van der Waals surface area contributed by atoms with Crippen LogP contribution in [0, 0.1) is 34.6 Å². The first-order chi connectivity index (χ1) is 45.3. The van der Waals surface area contributed by atoms with Crippen LogP contribution in [0.15, 0.2) is 285 Å². The molecular weight excluding hydrogens is 1120 g/mol. The molecule has 5 aliphatic rings. The van der Waals surface area contributed by atoms with Gasteiger partial charge in [0.15, 0.2) is 0 Å². The normalized spacial score (nSPS) is 13.4. The molecule has 5 aliphatic heterocycles. The van der Waals surface area contributed by atoms with Gasteiger partial charge in [0.05, 0.1) is 11.4 Å². The molecule has 18 rings (SSSR count). The van der Waals surface area contributed by atoms with Crippen molar-refractivity contribution in [1.29, 1.82) is 0 Å². The lowest BCUT2D eigenvalue weighted by atomic mass is 9.29. The Labute approximate surface area is 539 Å². The fraction of sp³-hybridized carbons (Fsp3) is 0.0602. The van der Waals surface area contributed by atoms with E-state index in [0.29, 0.717) is 0 Å². The summed E-state index contributed by atoms with van der Waals surface area (Å²) in [4.78, 5) is 12.7. The molecule has 5 heterocycles. The van der Waals surface area contributed by atoms with Crippen molar-refractivity contribution in [2.75, 3.05) is 24.5 Å². The third-order valence-electron chi connectivity index (χ3n) is 20.0. The van der Waals surface area contributed by atoms with E-state index < -0.39 is 0 Å². The third kappa shape index (κ3) is 8.04. The van der Waals surface area contributed by atoms with Crippen molar-refractivity contribution >= 4 is 155 Å². The maximum Gasteiger partial charge on any atom is 0.256 e. The largest absolute Gasteiger partial charge is 0.459 e. The monoisotopic (exact) mass is 1180 g/mol. The summed E-state index contributed by atoms with van der Waals surface area (Å²) in [5.74, 6) is 1.80. The van der Waals surface area contributed by atoms with Crippen molar-refractivity contribution in [3.05, 3.63) is 313 Å². The molecule has 0 saturated heterocycles. The smallest absolute Gasteiger partial charge is 0.256 e. The van der Waals surface area contributed by atoms with Crippen LogP contribution in [-0.4, -0.2) is 20.1 Å². The van der Waals surface area contributed by atoms with Crippen LogP contribution in [0.4, 0.5) is 85.3 Å². The summed E-state index contributed by atoms with van der Waals surface area (Å²) in [6.45, 7) is 10.9. The summed E-state index contributed by atoms with van der Waals surface area (Å²) in [5, 5.41) is 0. The van der Waals surface area contributed by atoms with E-state index in [9.17, 15) is 0 Å². The van der Waals surface area contributed by atoms with Crippen LogP contribution in [-0.2, 0) is 0 Å². The highest BCUT2D eigenvalue weighted by molar-refractivity contribution is 7.04. The third-order valence-corrected chi connectivity index (χ3v) is 20.0. The summed E-state index contributed by atoms with van der Waals surface area (Å²) in [7, 11) is 0. The lowest BCUT2D eigenvalue weighted by Gasteiger charge is -2.48. The lowest BCUT2D eigenvalue weighted by molar-refractivity contribution is 0.491. The van der Waals surface area contributed by atoms with E-state index in [-0.39, 0.29) is 20.1 Å². The Morgan fingerprint density at radius 3 is 1.22 bits per heavy atom. The number of benzene rings is 13. The molecule has 0 amide bonds. The summed E-state index contributed by atoms with van der Waals surface area (Å²) >= 11 is 0. The van der Waals surface area contributed by atoms with Gasteiger partial charge in [-0.15, -0.1) is 0 Å². The molecule has 0 unspecified atom stereocenters. The van der Waals surface area contributed by atoms with Crippen molar-refractivity contribution in [3.63, 3.8) is 0 Å². The zero-order valence-corrected chi connectivity index (χ0v) is 52.0. The highest BCUT2D eigenvalue weighted by atomic mass is 16.5. The van der Waals surface area contributed by atoms with Crippen molar-refractivity contribution in [2.45, 2.75) is 34.6 Å². The van der Waals surface area contributed by atoms with Gasteiger partial charge in [-0.1, -0.05) is 204 Å². The van der Waals surface area contributed by atoms with E-state index in [2.05, 4.69) is 344 Å². The summed E-state index contributed by atoms with van der Waals surface area (Å²) in [6.07, 6.45) is 0. The number of ether oxygens (including phenoxy) is 1. The van der Waals surface area contributed by atoms with Gasteiger partial charge in [-0.05, 0) is 193 Å². The Morgan fingerprint density at radius 2 is 0.674 bits per heavy atom. The average Bonchev–Trinajstić information content (AvgIpc) is 0.683. The zero-order chi connectivity index (χ0) is 61.5. The van der Waals surface area contributed by atoms with Gasteiger partial charge in [-0.2, -0.15) is 0 Å². The fourth-order valence-corrected chi connectivity index (χ4v) is 16.5. The maximum absolute atomic E-state index is 7.86. The number of fused-ring (bicyclic) bond motifs is 11. The van der Waals surface area contributed by atoms with Crippen LogP contribution in [0.3, 0.4) is 0 Å². The van der Waals surface area contributed by atoms with Crippen molar-refractivity contribution in [2.24, 2.45) is 0 Å². The number of nitrogens with zero attached hydrogens (tertiary/aromatic N) is 5. The molecule has 0 fully saturated rings. The molecule has 0 N–H and O–H groups in total. The predicted molar refractivity (Wildman–Crippen MR) is 390 cm³/mol. The van der Waals surface area contributed by atoms with E-state index >= 15 is 0 Å². The molecule has 0 atom stereocenters. The Morgan fingerprint density at radius 1 is 0.272 bits per heavy atom. The Balaban J connectivity index is 0.987. The first kappa shape index (κ1) is 53.8. The molecule has 6 nitrogen and oxygen atoms in total. The van der Waals surface area contributed by atoms with Gasteiger partial charge in [0.25, 0.3) is 20.1 Å². The van der Waals surface area contributed by atoms with Gasteiger partial charge >= 0.3 is 0 Å². The predicted octanol–water partition coefficient (Wildman–Crippen LogP) is 15.5. The van der Waals surface area contributed by atoms with Gasteiger partial charge in [0.2, 0.25) is 0 Å². The Hall–Kier alpha value is -11.1. The fourth-order valence-electron chi connectivity index (χ4n) is 16.5. The van der Waals surface area contributed by atoms with E-state index in [1.165, 1.54) is 77.2 Å². The van der Waals surface area contributed by atoms with Gasteiger partial charge in [-0.3, -0.25) is 0 Å². The molecule has 0 spiro atoms. The number of hydrogen-bond donors (Lipinski definition) is 0. The second-order valence-corrected chi connectivity index (χ2v) is 25.4. The molecule has 0 aliphatic carbocycles. The standard InChI is InChI=1S/C83H62B3N5O/c1-53-46-56(4)82(57(5)47-53)91-72-51-71-67(50-68(72)85-66-42-23-26-45-77(66)92-83-80(85)76(91)52-75-81(83)86(78-54(2)28-27-29-55(78)3)65-41-22-25-44-70(65)89(75)61-36-17-9-18-37-61)84-64-40-21-24-43-69(64)88(60-34-15-8-16-35-60)73-48-63(49-74(79(73)84)90(71)62-38-19-10-20-39-62)87(58-30-11-6-12-31-58)59-32-13-7-14-33-59/h6-52H,1-5H3. The van der Waals surface area contributed by atoms with E-state index in [1.54, 1.807) is 0 Å².